The summed E-state index contributed by atoms with van der Waals surface area (Å²) >= 11 is 7.04. The van der Waals surface area contributed by atoms with Crippen LogP contribution in [-0.2, 0) is 11.1 Å². The maximum absolute atomic E-state index is 12.7. The van der Waals surface area contributed by atoms with Gasteiger partial charge in [0.1, 0.15) is 0 Å². The molecule has 0 spiro atoms. The molecule has 0 heterocycles. The molecule has 21 heavy (non-hydrogen) atoms. The Balaban J connectivity index is 1.69. The predicted octanol–water partition coefficient (Wildman–Crippen LogP) is 5.60. The van der Waals surface area contributed by atoms with Gasteiger partial charge in [-0.05, 0) is 73.5 Å². The summed E-state index contributed by atoms with van der Waals surface area (Å²) in [6, 6.07) is 5.59. The van der Waals surface area contributed by atoms with Crippen LogP contribution in [0.4, 0.5) is 13.2 Å². The molecular weight excluding hydrogens is 297 g/mol. The molecule has 0 saturated heterocycles. The Kier molecular flexibility index (Phi) is 2.92. The molecule has 4 aliphatic carbocycles. The second kappa shape index (κ2) is 4.41. The van der Waals surface area contributed by atoms with Crippen molar-refractivity contribution in [2.24, 2.45) is 23.7 Å². The lowest BCUT2D eigenvalue weighted by Crippen LogP contribution is -2.52. The normalized spacial score (nSPS) is 41.5. The van der Waals surface area contributed by atoms with Crippen LogP contribution in [0.15, 0.2) is 24.3 Å². The Bertz CT molecular complexity index is 518. The van der Waals surface area contributed by atoms with Crippen molar-refractivity contribution in [2.45, 2.75) is 43.2 Å². The fourth-order valence-electron chi connectivity index (χ4n) is 5.26. The summed E-state index contributed by atoms with van der Waals surface area (Å²) in [5, 5.41) is 0. The third-order valence-corrected chi connectivity index (χ3v) is 6.82. The van der Waals surface area contributed by atoms with E-state index in [2.05, 4.69) is 0 Å². The molecule has 0 unspecified atom stereocenters. The molecule has 0 amide bonds. The zero-order chi connectivity index (χ0) is 14.8. The fraction of sp³-hybridized carbons (Fsp3) is 0.647. The highest BCUT2D eigenvalue weighted by Gasteiger charge is 2.57. The van der Waals surface area contributed by atoms with Crippen LogP contribution in [0.1, 0.15) is 43.2 Å². The van der Waals surface area contributed by atoms with Gasteiger partial charge < -0.3 is 0 Å². The second-order valence-corrected chi connectivity index (χ2v) is 7.77. The van der Waals surface area contributed by atoms with Crippen molar-refractivity contribution in [3.63, 3.8) is 0 Å². The van der Waals surface area contributed by atoms with E-state index in [1.165, 1.54) is 18.6 Å². The van der Waals surface area contributed by atoms with Crippen molar-refractivity contribution >= 4 is 11.6 Å². The number of alkyl halides is 4. The first kappa shape index (κ1) is 13.9. The molecule has 4 bridgehead atoms. The molecule has 4 saturated carbocycles. The van der Waals surface area contributed by atoms with Gasteiger partial charge in [-0.15, -0.1) is 11.6 Å². The van der Waals surface area contributed by atoms with E-state index in [9.17, 15) is 13.2 Å². The number of rotatable bonds is 1. The first-order valence-corrected chi connectivity index (χ1v) is 8.12. The number of hydrogen-bond donors (Lipinski definition) is 0. The van der Waals surface area contributed by atoms with Crippen LogP contribution < -0.4 is 0 Å². The SMILES string of the molecule is FC(F)(F)c1ccc(C2(Cl)C3CC4CC(C3)CC2C4)cc1. The van der Waals surface area contributed by atoms with Crippen molar-refractivity contribution in [1.29, 1.82) is 0 Å². The Morgan fingerprint density at radius 3 is 1.76 bits per heavy atom. The molecule has 0 aliphatic heterocycles. The van der Waals surface area contributed by atoms with Crippen molar-refractivity contribution in [2.75, 3.05) is 0 Å². The Hall–Kier alpha value is -0.700. The lowest BCUT2D eigenvalue weighted by Gasteiger charge is -2.59. The number of benzene rings is 1. The standard InChI is InChI=1S/C17H18ClF3/c18-16(12-1-3-13(4-2-12)17(19,20)21)14-6-10-5-11(8-14)9-15(16)7-10/h1-4,10-11,14-15H,5-9H2. The van der Waals surface area contributed by atoms with Gasteiger partial charge in [0.15, 0.2) is 0 Å². The molecule has 114 valence electrons. The summed E-state index contributed by atoms with van der Waals surface area (Å²) in [6.45, 7) is 0. The number of halogens is 4. The Morgan fingerprint density at radius 2 is 1.33 bits per heavy atom. The summed E-state index contributed by atoms with van der Waals surface area (Å²) in [5.74, 6) is 2.47. The highest BCUT2D eigenvalue weighted by molar-refractivity contribution is 6.24. The van der Waals surface area contributed by atoms with Gasteiger partial charge in [-0.2, -0.15) is 13.2 Å². The topological polar surface area (TPSA) is 0 Å². The minimum absolute atomic E-state index is 0.433. The molecule has 0 aromatic heterocycles. The largest absolute Gasteiger partial charge is 0.416 e. The van der Waals surface area contributed by atoms with Gasteiger partial charge in [-0.3, -0.25) is 0 Å². The van der Waals surface area contributed by atoms with Gasteiger partial charge >= 0.3 is 6.18 Å². The molecule has 0 N–H and O–H groups in total. The molecule has 0 radical (unpaired) electrons. The highest BCUT2D eigenvalue weighted by atomic mass is 35.5. The first-order chi connectivity index (χ1) is 9.87. The van der Waals surface area contributed by atoms with Gasteiger partial charge in [0, 0.05) is 0 Å². The molecule has 0 nitrogen and oxygen atoms in total. The summed E-state index contributed by atoms with van der Waals surface area (Å²) < 4.78 is 38.1. The Labute approximate surface area is 127 Å². The minimum Gasteiger partial charge on any atom is -0.166 e. The number of hydrogen-bond acceptors (Lipinski definition) is 0. The molecule has 1 aromatic rings. The zero-order valence-electron chi connectivity index (χ0n) is 11.7. The van der Waals surface area contributed by atoms with Crippen molar-refractivity contribution in [1.82, 2.24) is 0 Å². The lowest BCUT2D eigenvalue weighted by molar-refractivity contribution is -0.137. The summed E-state index contributed by atoms with van der Waals surface area (Å²) in [6.07, 6.45) is 1.67. The monoisotopic (exact) mass is 314 g/mol. The van der Waals surface area contributed by atoms with Crippen molar-refractivity contribution < 1.29 is 13.2 Å². The summed E-state index contributed by atoms with van der Waals surface area (Å²) in [5.41, 5.74) is 0.307. The van der Waals surface area contributed by atoms with Gasteiger partial charge in [0.05, 0.1) is 10.4 Å². The van der Waals surface area contributed by atoms with Gasteiger partial charge in [0.2, 0.25) is 0 Å². The summed E-state index contributed by atoms with van der Waals surface area (Å²) in [7, 11) is 0. The van der Waals surface area contributed by atoms with Gasteiger partial charge in [-0.25, -0.2) is 0 Å². The van der Waals surface area contributed by atoms with E-state index in [0.717, 1.165) is 43.1 Å². The third kappa shape index (κ3) is 2.03. The molecule has 0 atom stereocenters. The van der Waals surface area contributed by atoms with Crippen LogP contribution >= 0.6 is 11.6 Å². The second-order valence-electron chi connectivity index (χ2n) is 7.15. The van der Waals surface area contributed by atoms with E-state index in [4.69, 9.17) is 11.6 Å². The third-order valence-electron chi connectivity index (χ3n) is 5.98. The summed E-state index contributed by atoms with van der Waals surface area (Å²) in [4.78, 5) is -0.433. The van der Waals surface area contributed by atoms with E-state index in [1.807, 2.05) is 0 Å². The van der Waals surface area contributed by atoms with Crippen LogP contribution in [0.25, 0.3) is 0 Å². The van der Waals surface area contributed by atoms with E-state index >= 15 is 0 Å². The molecule has 4 aliphatic rings. The maximum Gasteiger partial charge on any atom is 0.416 e. The molecule has 1 aromatic carbocycles. The average Bonchev–Trinajstić information content (AvgIpc) is 2.43. The van der Waals surface area contributed by atoms with E-state index < -0.39 is 16.6 Å². The van der Waals surface area contributed by atoms with Gasteiger partial charge in [-0.1, -0.05) is 12.1 Å². The minimum atomic E-state index is -4.28. The zero-order valence-corrected chi connectivity index (χ0v) is 12.4. The fourth-order valence-corrected chi connectivity index (χ4v) is 5.74. The van der Waals surface area contributed by atoms with Crippen LogP contribution in [0, 0.1) is 23.7 Å². The van der Waals surface area contributed by atoms with Crippen molar-refractivity contribution in [3.05, 3.63) is 35.4 Å². The average molecular weight is 315 g/mol. The maximum atomic E-state index is 12.7. The molecule has 4 fully saturated rings. The molecule has 4 heteroatoms. The van der Waals surface area contributed by atoms with Crippen molar-refractivity contribution in [3.8, 4) is 0 Å². The lowest BCUT2D eigenvalue weighted by atomic mass is 9.50. The van der Waals surface area contributed by atoms with E-state index in [1.54, 1.807) is 12.1 Å². The van der Waals surface area contributed by atoms with Crippen LogP contribution in [0.3, 0.4) is 0 Å². The van der Waals surface area contributed by atoms with Crippen LogP contribution in [0.2, 0.25) is 0 Å². The quantitative estimate of drug-likeness (QED) is 0.592. The van der Waals surface area contributed by atoms with Crippen LogP contribution in [-0.4, -0.2) is 0 Å². The highest BCUT2D eigenvalue weighted by Crippen LogP contribution is 2.64. The molecule has 5 rings (SSSR count). The van der Waals surface area contributed by atoms with E-state index in [0.29, 0.717) is 11.8 Å². The smallest absolute Gasteiger partial charge is 0.166 e. The first-order valence-electron chi connectivity index (χ1n) is 7.74. The molecular formula is C17H18ClF3. The predicted molar refractivity (Wildman–Crippen MR) is 76.0 cm³/mol. The van der Waals surface area contributed by atoms with E-state index in [-0.39, 0.29) is 0 Å². The van der Waals surface area contributed by atoms with Gasteiger partial charge in [0.25, 0.3) is 0 Å². The van der Waals surface area contributed by atoms with Crippen LogP contribution in [0.5, 0.6) is 0 Å². The Morgan fingerprint density at radius 1 is 0.857 bits per heavy atom.